The molecule has 1 amide bonds. The minimum Gasteiger partial charge on any atom is -0.445 e. The first-order valence-electron chi connectivity index (χ1n) is 10.9. The fourth-order valence-corrected chi connectivity index (χ4v) is 7.05. The first kappa shape index (κ1) is 20.0. The maximum atomic E-state index is 13.4. The van der Waals surface area contributed by atoms with Gasteiger partial charge in [-0.25, -0.2) is 8.42 Å². The van der Waals surface area contributed by atoms with Crippen LogP contribution in [0.4, 0.5) is 5.69 Å². The van der Waals surface area contributed by atoms with Crippen molar-refractivity contribution >= 4 is 21.6 Å². The summed E-state index contributed by atoms with van der Waals surface area (Å²) in [4.78, 5) is 12.8. The third kappa shape index (κ3) is 3.35. The zero-order valence-electron chi connectivity index (χ0n) is 17.2. The van der Waals surface area contributed by atoms with Gasteiger partial charge in [-0.3, -0.25) is 4.79 Å². The number of nitrogens with one attached hydrogen (secondary N) is 2. The van der Waals surface area contributed by atoms with Crippen molar-refractivity contribution < 1.29 is 27.6 Å². The van der Waals surface area contributed by atoms with Crippen LogP contribution in [0.2, 0.25) is 0 Å². The number of fused-ring (bicyclic) bond motifs is 3. The number of nitrogens with zero attached hydrogens (tertiary/aromatic N) is 2. The third-order valence-electron chi connectivity index (χ3n) is 6.79. The molecule has 1 saturated carbocycles. The van der Waals surface area contributed by atoms with Gasteiger partial charge in [-0.05, 0) is 50.7 Å². The molecule has 4 aliphatic rings. The molecule has 170 valence electrons. The number of amides is 1. The number of aromatic nitrogens is 1. The molecule has 11 heteroatoms. The van der Waals surface area contributed by atoms with Crippen LogP contribution in [-0.2, 0) is 10.0 Å². The van der Waals surface area contributed by atoms with Crippen molar-refractivity contribution in [2.45, 2.75) is 73.9 Å². The zero-order chi connectivity index (χ0) is 22.0. The largest absolute Gasteiger partial charge is 0.445 e. The number of aliphatic hydroxyl groups is 1. The molecule has 32 heavy (non-hydrogen) atoms. The number of rotatable bonds is 5. The standard InChI is InChI=1S/C21H24N4O6S/c26-20(17-10-18(31-24-17)11-1-2-11)22-12-7-13-3-4-14(8-12)25(13)32(28,29)15-5-6-16-19(9-15)30-21(27)23-16/h5-6,9-14,21,23,27H,1-4,7-8H2,(H,22,26)/t12-,13+,14-,21?. The van der Waals surface area contributed by atoms with E-state index >= 15 is 0 Å². The van der Waals surface area contributed by atoms with Gasteiger partial charge in [0.05, 0.1) is 10.6 Å². The highest BCUT2D eigenvalue weighted by Gasteiger charge is 2.48. The van der Waals surface area contributed by atoms with Crippen molar-refractivity contribution in [3.05, 3.63) is 35.7 Å². The average Bonchev–Trinajstić information content (AvgIpc) is 3.23. The number of hydrogen-bond donors (Lipinski definition) is 3. The Bertz CT molecular complexity index is 1160. The Morgan fingerprint density at radius 1 is 1.16 bits per heavy atom. The van der Waals surface area contributed by atoms with Gasteiger partial charge in [0.2, 0.25) is 10.0 Å². The van der Waals surface area contributed by atoms with Gasteiger partial charge >= 0.3 is 0 Å². The number of piperidine rings is 1. The molecule has 1 aromatic heterocycles. The molecular weight excluding hydrogens is 436 g/mol. The van der Waals surface area contributed by atoms with E-state index in [0.29, 0.717) is 30.2 Å². The Labute approximate surface area is 184 Å². The van der Waals surface area contributed by atoms with Gasteiger partial charge < -0.3 is 25.0 Å². The number of aliphatic hydroxyl groups excluding tert-OH is 1. The first-order chi connectivity index (χ1) is 15.4. The summed E-state index contributed by atoms with van der Waals surface area (Å²) in [6.45, 7) is 0. The second-order valence-corrected chi connectivity index (χ2v) is 10.9. The van der Waals surface area contributed by atoms with Crippen molar-refractivity contribution in [3.63, 3.8) is 0 Å². The van der Waals surface area contributed by atoms with Gasteiger partial charge in [-0.1, -0.05) is 5.16 Å². The van der Waals surface area contributed by atoms with Crippen LogP contribution in [0.1, 0.15) is 60.7 Å². The third-order valence-corrected chi connectivity index (χ3v) is 8.79. The highest BCUT2D eigenvalue weighted by Crippen LogP contribution is 2.42. The van der Waals surface area contributed by atoms with Crippen LogP contribution < -0.4 is 15.4 Å². The maximum Gasteiger partial charge on any atom is 0.279 e. The number of ether oxygens (including phenoxy) is 1. The molecule has 2 aromatic rings. The lowest BCUT2D eigenvalue weighted by molar-refractivity contribution is 0.0210. The SMILES string of the molecule is O=C(N[C@H]1C[C@H]2CC[C@@H](C1)N2S(=O)(=O)c1ccc2c(c1)OC(O)N2)c1cc(C2CC2)on1. The van der Waals surface area contributed by atoms with Gasteiger partial charge in [0.25, 0.3) is 12.3 Å². The minimum absolute atomic E-state index is 0.116. The molecule has 1 aliphatic carbocycles. The van der Waals surface area contributed by atoms with Crippen molar-refractivity contribution in [2.75, 3.05) is 5.32 Å². The topological polar surface area (TPSA) is 134 Å². The molecule has 4 heterocycles. The smallest absolute Gasteiger partial charge is 0.279 e. The number of carbonyl (C=O) groups is 1. The van der Waals surface area contributed by atoms with Gasteiger partial charge in [0, 0.05) is 36.2 Å². The van der Waals surface area contributed by atoms with Gasteiger partial charge in [0.1, 0.15) is 11.5 Å². The Balaban J connectivity index is 1.16. The summed E-state index contributed by atoms with van der Waals surface area (Å²) >= 11 is 0. The van der Waals surface area contributed by atoms with E-state index in [1.807, 2.05) is 0 Å². The summed E-state index contributed by atoms with van der Waals surface area (Å²) in [5, 5.41) is 19.2. The number of hydrogen-bond acceptors (Lipinski definition) is 8. The number of carbonyl (C=O) groups excluding carboxylic acids is 1. The average molecular weight is 461 g/mol. The molecular formula is C21H24N4O6S. The monoisotopic (exact) mass is 460 g/mol. The van der Waals surface area contributed by atoms with E-state index in [0.717, 1.165) is 31.4 Å². The first-order valence-corrected chi connectivity index (χ1v) is 12.4. The summed E-state index contributed by atoms with van der Waals surface area (Å²) in [7, 11) is -3.74. The predicted molar refractivity (Wildman–Crippen MR) is 112 cm³/mol. The van der Waals surface area contributed by atoms with Crippen molar-refractivity contribution in [1.82, 2.24) is 14.8 Å². The fourth-order valence-electron chi connectivity index (χ4n) is 5.14. The molecule has 1 aromatic carbocycles. The molecule has 2 bridgehead atoms. The van der Waals surface area contributed by atoms with E-state index in [1.54, 1.807) is 16.4 Å². The Kier molecular flexibility index (Phi) is 4.50. The van der Waals surface area contributed by atoms with Crippen molar-refractivity contribution in [1.29, 1.82) is 0 Å². The highest BCUT2D eigenvalue weighted by atomic mass is 32.2. The van der Waals surface area contributed by atoms with E-state index in [4.69, 9.17) is 9.26 Å². The van der Waals surface area contributed by atoms with Gasteiger partial charge in [-0.15, -0.1) is 0 Å². The molecule has 10 nitrogen and oxygen atoms in total. The predicted octanol–water partition coefficient (Wildman–Crippen LogP) is 1.75. The molecule has 3 N–H and O–H groups in total. The Morgan fingerprint density at radius 3 is 2.62 bits per heavy atom. The van der Waals surface area contributed by atoms with Crippen LogP contribution >= 0.6 is 0 Å². The fraction of sp³-hybridized carbons (Fsp3) is 0.524. The molecule has 0 spiro atoms. The lowest BCUT2D eigenvalue weighted by Crippen LogP contribution is -2.52. The highest BCUT2D eigenvalue weighted by molar-refractivity contribution is 7.89. The zero-order valence-corrected chi connectivity index (χ0v) is 18.0. The van der Waals surface area contributed by atoms with E-state index < -0.39 is 16.4 Å². The Hall–Kier alpha value is -2.63. The van der Waals surface area contributed by atoms with Crippen LogP contribution in [0.5, 0.6) is 5.75 Å². The van der Waals surface area contributed by atoms with E-state index in [1.165, 1.54) is 12.1 Å². The molecule has 0 radical (unpaired) electrons. The van der Waals surface area contributed by atoms with E-state index in [9.17, 15) is 18.3 Å². The quantitative estimate of drug-likeness (QED) is 0.614. The summed E-state index contributed by atoms with van der Waals surface area (Å²) in [5.74, 6) is 1.18. The van der Waals surface area contributed by atoms with Crippen LogP contribution in [0.15, 0.2) is 33.7 Å². The molecule has 4 atom stereocenters. The van der Waals surface area contributed by atoms with E-state index in [-0.39, 0.29) is 34.6 Å². The molecule has 2 saturated heterocycles. The van der Waals surface area contributed by atoms with Crippen LogP contribution in [0.25, 0.3) is 0 Å². The summed E-state index contributed by atoms with van der Waals surface area (Å²) < 4.78 is 39.0. The second-order valence-electron chi connectivity index (χ2n) is 9.02. The summed E-state index contributed by atoms with van der Waals surface area (Å²) in [6, 6.07) is 5.81. The van der Waals surface area contributed by atoms with Crippen LogP contribution in [-0.4, -0.2) is 53.4 Å². The second kappa shape index (κ2) is 7.19. The van der Waals surface area contributed by atoms with Crippen LogP contribution in [0.3, 0.4) is 0 Å². The summed E-state index contributed by atoms with van der Waals surface area (Å²) in [6.07, 6.45) is 3.58. The maximum absolute atomic E-state index is 13.4. The lowest BCUT2D eigenvalue weighted by Gasteiger charge is -2.38. The van der Waals surface area contributed by atoms with Crippen LogP contribution in [0, 0.1) is 0 Å². The normalized spacial score (nSPS) is 29.3. The molecule has 6 rings (SSSR count). The van der Waals surface area contributed by atoms with Gasteiger partial charge in [0.15, 0.2) is 5.69 Å². The number of sulfonamides is 1. The van der Waals surface area contributed by atoms with Gasteiger partial charge in [-0.2, -0.15) is 4.31 Å². The number of benzene rings is 1. The van der Waals surface area contributed by atoms with Crippen molar-refractivity contribution in [2.24, 2.45) is 0 Å². The molecule has 1 unspecified atom stereocenters. The summed E-state index contributed by atoms with van der Waals surface area (Å²) in [5.41, 5.74) is 0.835. The molecule has 3 fully saturated rings. The lowest BCUT2D eigenvalue weighted by atomic mass is 9.99. The minimum atomic E-state index is -3.74. The molecule has 3 aliphatic heterocycles. The number of anilines is 1. The Morgan fingerprint density at radius 2 is 1.91 bits per heavy atom. The van der Waals surface area contributed by atoms with Crippen molar-refractivity contribution in [3.8, 4) is 5.75 Å². The van der Waals surface area contributed by atoms with E-state index in [2.05, 4.69) is 15.8 Å².